The molecule has 3 aromatic rings. The molecule has 0 saturated heterocycles. The topological polar surface area (TPSA) is 64.3 Å². The predicted octanol–water partition coefficient (Wildman–Crippen LogP) is 6.44. The van der Waals surface area contributed by atoms with E-state index in [2.05, 4.69) is 75.5 Å². The molecule has 0 atom stereocenters. The van der Waals surface area contributed by atoms with Crippen molar-refractivity contribution in [1.29, 1.82) is 0 Å². The highest BCUT2D eigenvalue weighted by atomic mass is 16.5. The lowest BCUT2D eigenvalue weighted by Gasteiger charge is -2.25. The molecule has 1 N–H and O–H groups in total. The first-order valence-corrected chi connectivity index (χ1v) is 13.0. The Kier molecular flexibility index (Phi) is 6.41. The van der Waals surface area contributed by atoms with Gasteiger partial charge in [0.15, 0.2) is 0 Å². The Morgan fingerprint density at radius 3 is 2.46 bits per heavy atom. The molecule has 2 aromatic carbocycles. The zero-order valence-electron chi connectivity index (χ0n) is 21.3. The molecule has 37 heavy (non-hydrogen) atoms. The molecule has 0 unspecified atom stereocenters. The number of pyridine rings is 1. The van der Waals surface area contributed by atoms with Crippen molar-refractivity contribution in [3.63, 3.8) is 0 Å². The molecule has 6 nitrogen and oxygen atoms in total. The van der Waals surface area contributed by atoms with Gasteiger partial charge in [0.25, 0.3) is 0 Å². The maximum Gasteiger partial charge on any atom is 0.0900 e. The molecule has 0 spiro atoms. The number of nitrogens with one attached hydrogen (secondary N) is 1. The molecule has 6 heteroatoms. The summed E-state index contributed by atoms with van der Waals surface area (Å²) in [7, 11) is 1.81. The lowest BCUT2D eigenvalue weighted by Crippen LogP contribution is -2.25. The molecular formula is C31H31N5O. The van der Waals surface area contributed by atoms with Crippen LogP contribution in [-0.4, -0.2) is 33.8 Å². The number of aryl methyl sites for hydroxylation is 1. The number of aromatic nitrogens is 3. The van der Waals surface area contributed by atoms with Crippen LogP contribution in [0.2, 0.25) is 0 Å². The van der Waals surface area contributed by atoms with Crippen LogP contribution >= 0.6 is 0 Å². The highest BCUT2D eigenvalue weighted by Gasteiger charge is 2.21. The monoisotopic (exact) mass is 489 g/mol. The van der Waals surface area contributed by atoms with E-state index in [1.807, 2.05) is 38.4 Å². The summed E-state index contributed by atoms with van der Waals surface area (Å²) in [5.74, 6) is 0. The third-order valence-electron chi connectivity index (χ3n) is 7.20. The smallest absolute Gasteiger partial charge is 0.0900 e. The molecule has 0 bridgehead atoms. The lowest BCUT2D eigenvalue weighted by molar-refractivity contribution is 0.0663. The second-order valence-electron chi connectivity index (χ2n) is 9.74. The van der Waals surface area contributed by atoms with E-state index in [0.717, 1.165) is 76.2 Å². The van der Waals surface area contributed by atoms with Crippen molar-refractivity contribution >= 4 is 22.4 Å². The first-order valence-electron chi connectivity index (χ1n) is 13.0. The van der Waals surface area contributed by atoms with Crippen molar-refractivity contribution in [2.45, 2.75) is 44.8 Å². The Hall–Kier alpha value is -4.03. The Morgan fingerprint density at radius 1 is 0.919 bits per heavy atom. The van der Waals surface area contributed by atoms with Gasteiger partial charge in [0.2, 0.25) is 0 Å². The van der Waals surface area contributed by atoms with Crippen LogP contribution in [0, 0.1) is 6.92 Å². The molecule has 1 aliphatic heterocycles. The Balaban J connectivity index is 1.56. The van der Waals surface area contributed by atoms with E-state index in [1.165, 1.54) is 0 Å². The van der Waals surface area contributed by atoms with Crippen molar-refractivity contribution < 1.29 is 4.74 Å². The Morgan fingerprint density at radius 2 is 1.70 bits per heavy atom. The molecule has 1 saturated carbocycles. The fourth-order valence-corrected chi connectivity index (χ4v) is 5.21. The van der Waals surface area contributed by atoms with Crippen LogP contribution in [0.25, 0.3) is 28.1 Å². The van der Waals surface area contributed by atoms with Gasteiger partial charge in [0.1, 0.15) is 0 Å². The molecule has 186 valence electrons. The molecular weight excluding hydrogens is 458 g/mol. The quantitative estimate of drug-likeness (QED) is 0.289. The first-order chi connectivity index (χ1) is 18.2. The van der Waals surface area contributed by atoms with E-state index in [1.54, 1.807) is 0 Å². The van der Waals surface area contributed by atoms with Gasteiger partial charge in [-0.3, -0.25) is 9.98 Å². The molecule has 2 heterocycles. The third-order valence-corrected chi connectivity index (χ3v) is 7.20. The maximum absolute atomic E-state index is 5.59. The second-order valence-corrected chi connectivity index (χ2v) is 9.74. The predicted molar refractivity (Wildman–Crippen MR) is 149 cm³/mol. The van der Waals surface area contributed by atoms with Gasteiger partial charge in [-0.25, -0.2) is 4.98 Å². The van der Waals surface area contributed by atoms with Crippen LogP contribution in [-0.2, 0) is 4.74 Å². The van der Waals surface area contributed by atoms with Gasteiger partial charge in [-0.1, -0.05) is 30.3 Å². The summed E-state index contributed by atoms with van der Waals surface area (Å²) in [5, 5.41) is 4.52. The van der Waals surface area contributed by atoms with Gasteiger partial charge in [0, 0.05) is 18.5 Å². The number of fused-ring (bicyclic) bond motifs is 2. The van der Waals surface area contributed by atoms with Crippen molar-refractivity contribution in [3.8, 4) is 17.1 Å². The fraction of sp³-hybridized carbons (Fsp3) is 0.258. The molecule has 0 amide bonds. The molecule has 0 radical (unpaired) electrons. The molecule has 1 aromatic heterocycles. The summed E-state index contributed by atoms with van der Waals surface area (Å²) in [6.45, 7) is 1.99. The molecule has 3 aliphatic rings. The molecule has 2 aliphatic carbocycles. The van der Waals surface area contributed by atoms with Gasteiger partial charge in [-0.05, 0) is 81.1 Å². The second kappa shape index (κ2) is 10.1. The van der Waals surface area contributed by atoms with Crippen LogP contribution < -0.4 is 10.7 Å². The van der Waals surface area contributed by atoms with Gasteiger partial charge < -0.3 is 14.6 Å². The zero-order valence-corrected chi connectivity index (χ0v) is 21.3. The van der Waals surface area contributed by atoms with Crippen LogP contribution in [0.1, 0.15) is 31.4 Å². The van der Waals surface area contributed by atoms with Gasteiger partial charge in [0.05, 0.1) is 57.5 Å². The summed E-state index contributed by atoms with van der Waals surface area (Å²) >= 11 is 0. The van der Waals surface area contributed by atoms with E-state index in [-0.39, 0.29) is 6.04 Å². The van der Waals surface area contributed by atoms with Gasteiger partial charge >= 0.3 is 0 Å². The Bertz CT molecular complexity index is 1550. The molecule has 1 fully saturated rings. The highest BCUT2D eigenvalue weighted by Crippen LogP contribution is 2.31. The van der Waals surface area contributed by atoms with Crippen LogP contribution in [0.4, 0.5) is 11.4 Å². The maximum atomic E-state index is 5.59. The average Bonchev–Trinajstić information content (AvgIpc) is 2.94. The third kappa shape index (κ3) is 4.85. The number of hydrogen-bond acceptors (Lipinski definition) is 5. The number of rotatable bonds is 5. The number of ether oxygens (including phenoxy) is 1. The Labute approximate surface area is 217 Å². The SMILES string of the molecule is COC1CCC(/N=c2\cc3n(-c4ccccc4)c4ccccc4nc-3cc2Nc2ccc(C)nc2)CC1. The standard InChI is InChI=1S/C31H31N5O/c1-21-12-13-23(20-32-21)34-27-18-29-31(19-28(27)33-22-14-16-25(37-2)17-15-22)36(24-8-4-3-5-9-24)30-11-7-6-10-26(30)35-29/h3-13,18-20,22,25,34H,14-17H2,1-2H3/b33-28+. The number of hydrogen-bond donors (Lipinski definition) is 1. The lowest BCUT2D eigenvalue weighted by atomic mass is 9.93. The number of methoxy groups -OCH3 is 1. The summed E-state index contributed by atoms with van der Waals surface area (Å²) < 4.78 is 7.88. The van der Waals surface area contributed by atoms with E-state index in [0.29, 0.717) is 6.10 Å². The summed E-state index contributed by atoms with van der Waals surface area (Å²) in [6, 6.07) is 27.4. The minimum Gasteiger partial charge on any atom is -0.381 e. The fourth-order valence-electron chi connectivity index (χ4n) is 5.21. The van der Waals surface area contributed by atoms with E-state index < -0.39 is 0 Å². The minimum atomic E-state index is 0.263. The molecule has 6 rings (SSSR count). The van der Waals surface area contributed by atoms with Gasteiger partial charge in [-0.15, -0.1) is 0 Å². The number of benzene rings is 3. The average molecular weight is 490 g/mol. The number of para-hydroxylation sites is 3. The first kappa shape index (κ1) is 23.4. The van der Waals surface area contributed by atoms with Crippen LogP contribution in [0.5, 0.6) is 0 Å². The van der Waals surface area contributed by atoms with E-state index in [9.17, 15) is 0 Å². The van der Waals surface area contributed by atoms with Crippen LogP contribution in [0.15, 0.2) is 90.1 Å². The van der Waals surface area contributed by atoms with Crippen molar-refractivity contribution in [2.75, 3.05) is 12.4 Å². The van der Waals surface area contributed by atoms with Crippen molar-refractivity contribution in [2.24, 2.45) is 4.99 Å². The summed E-state index contributed by atoms with van der Waals surface area (Å²) in [4.78, 5) is 14.8. The highest BCUT2D eigenvalue weighted by molar-refractivity contribution is 5.84. The van der Waals surface area contributed by atoms with Crippen LogP contribution in [0.3, 0.4) is 0 Å². The van der Waals surface area contributed by atoms with E-state index >= 15 is 0 Å². The number of anilines is 2. The minimum absolute atomic E-state index is 0.263. The van der Waals surface area contributed by atoms with Crippen molar-refractivity contribution in [3.05, 3.63) is 96.1 Å². The normalized spacial score (nSPS) is 18.4. The van der Waals surface area contributed by atoms with Gasteiger partial charge in [-0.2, -0.15) is 0 Å². The van der Waals surface area contributed by atoms with Crippen molar-refractivity contribution in [1.82, 2.24) is 14.5 Å². The summed E-state index contributed by atoms with van der Waals surface area (Å²) in [5.41, 5.74) is 7.91. The van der Waals surface area contributed by atoms with E-state index in [4.69, 9.17) is 14.7 Å². The largest absolute Gasteiger partial charge is 0.381 e. The summed E-state index contributed by atoms with van der Waals surface area (Å²) in [6.07, 6.45) is 6.34. The zero-order chi connectivity index (χ0) is 25.2. The number of nitrogens with zero attached hydrogens (tertiary/aromatic N) is 4.